The van der Waals surface area contributed by atoms with Gasteiger partial charge in [-0.1, -0.05) is 107 Å². The Morgan fingerprint density at radius 2 is 0.567 bits per heavy atom. The summed E-state index contributed by atoms with van der Waals surface area (Å²) in [6.07, 6.45) is 1.49. The molecule has 6 rings (SSSR count). The van der Waals surface area contributed by atoms with Crippen molar-refractivity contribution in [2.24, 2.45) is 0 Å². The molecule has 4 aromatic carbocycles. The lowest BCUT2D eigenvalue weighted by Crippen LogP contribution is -2.13. The van der Waals surface area contributed by atoms with Crippen LogP contribution in [0.25, 0.3) is 43.9 Å². The van der Waals surface area contributed by atoms with Gasteiger partial charge in [0.15, 0.2) is 0 Å². The molecule has 0 saturated heterocycles. The Bertz CT molecular complexity index is 2350. The van der Waals surface area contributed by atoms with Gasteiger partial charge in [-0.3, -0.25) is 9.05 Å². The van der Waals surface area contributed by atoms with Crippen molar-refractivity contribution in [1.29, 1.82) is 0 Å². The van der Waals surface area contributed by atoms with Gasteiger partial charge in [0.1, 0.15) is 22.3 Å². The van der Waals surface area contributed by atoms with Gasteiger partial charge >= 0.3 is 16.5 Å². The lowest BCUT2D eigenvalue weighted by Gasteiger charge is -2.23. The molecule has 2 heterocycles. The average Bonchev–Trinajstić information content (AvgIpc) is 3.39. The molecule has 326 valence electrons. The number of rotatable bonds is 7. The van der Waals surface area contributed by atoms with E-state index in [4.69, 9.17) is 25.8 Å². The molecule has 0 fully saturated rings. The van der Waals surface area contributed by atoms with Crippen LogP contribution in [0.2, 0.25) is 0 Å². The number of aryl methyl sites for hydroxylation is 8. The second kappa shape index (κ2) is 16.4. The van der Waals surface area contributed by atoms with Gasteiger partial charge in [0.25, 0.3) is 0 Å². The Morgan fingerprint density at radius 1 is 0.367 bits per heavy atom. The quantitative estimate of drug-likeness (QED) is 0.149. The van der Waals surface area contributed by atoms with Crippen molar-refractivity contribution >= 4 is 60.4 Å². The normalized spacial score (nSPS) is 13.1. The van der Waals surface area contributed by atoms with Crippen LogP contribution in [-0.4, -0.2) is 13.2 Å². The largest absolute Gasteiger partial charge is 0.399 e. The van der Waals surface area contributed by atoms with Crippen LogP contribution >= 0.6 is 16.5 Å². The SMILES string of the molecule is Cc1cc(C(C)(C)C)c2op(OCCCCOp3oc4c(C(C)(C)C)cc(C)c(C)c4c4c(C)c(C)cc(C(C)(C)C)c4o3)oc3c(C(C)(C)C)cc(C)c(C)c3c2c1C. The molecule has 0 aliphatic heterocycles. The van der Waals surface area contributed by atoms with E-state index < -0.39 is 16.5 Å². The minimum Gasteiger partial charge on any atom is -0.399 e. The third kappa shape index (κ3) is 8.79. The third-order valence-corrected chi connectivity index (χ3v) is 14.6. The van der Waals surface area contributed by atoms with Gasteiger partial charge in [-0.25, -0.2) is 0 Å². The van der Waals surface area contributed by atoms with E-state index in [0.717, 1.165) is 79.0 Å². The maximum Gasteiger partial charge on any atom is 0.387 e. The molecule has 60 heavy (non-hydrogen) atoms. The van der Waals surface area contributed by atoms with Crippen molar-refractivity contribution in [3.63, 3.8) is 0 Å². The number of fused-ring (bicyclic) bond motifs is 6. The van der Waals surface area contributed by atoms with Gasteiger partial charge in [-0.05, 0) is 134 Å². The van der Waals surface area contributed by atoms with E-state index in [0.29, 0.717) is 13.2 Å². The van der Waals surface area contributed by atoms with E-state index in [1.54, 1.807) is 0 Å². The van der Waals surface area contributed by atoms with Gasteiger partial charge in [0.2, 0.25) is 0 Å². The van der Waals surface area contributed by atoms with E-state index >= 15 is 0 Å². The van der Waals surface area contributed by atoms with E-state index in [9.17, 15) is 0 Å². The zero-order valence-electron chi connectivity index (χ0n) is 40.5. The fourth-order valence-corrected chi connectivity index (χ4v) is 10.5. The van der Waals surface area contributed by atoms with Crippen LogP contribution in [-0.2, 0) is 21.7 Å². The Kier molecular flexibility index (Phi) is 12.6. The zero-order chi connectivity index (χ0) is 44.6. The van der Waals surface area contributed by atoms with Crippen molar-refractivity contribution in [2.45, 2.75) is 173 Å². The molecule has 0 aliphatic carbocycles. The lowest BCUT2D eigenvalue weighted by atomic mass is 9.81. The van der Waals surface area contributed by atoms with Crippen molar-refractivity contribution in [1.82, 2.24) is 0 Å². The first-order chi connectivity index (χ1) is 27.6. The number of hydrogen-bond acceptors (Lipinski definition) is 6. The van der Waals surface area contributed by atoms with Crippen LogP contribution in [0, 0.1) is 55.4 Å². The summed E-state index contributed by atoms with van der Waals surface area (Å²) in [6, 6.07) is 9.15. The predicted molar refractivity (Wildman–Crippen MR) is 257 cm³/mol. The molecule has 6 aromatic rings. The lowest BCUT2D eigenvalue weighted by molar-refractivity contribution is 0.319. The van der Waals surface area contributed by atoms with Crippen LogP contribution in [0.3, 0.4) is 0 Å². The van der Waals surface area contributed by atoms with Crippen LogP contribution in [0.1, 0.15) is 163 Å². The standard InChI is InChI=1S/C52H72O6P2/c1-29-25-37(49(9,10)11)45-41(33(29)5)42-34(6)30(2)26-38(50(12,13)14)46(42)56-59(55-45)53-23-21-22-24-54-60-57-47-39(51(15,16)17)27-31(3)35(7)43(47)44-36(8)32(4)28-40(48(44)58-60)52(18,19)20/h25-28H,21-24H2,1-20H3. The van der Waals surface area contributed by atoms with Crippen molar-refractivity contribution in [2.75, 3.05) is 13.2 Å². The summed E-state index contributed by atoms with van der Waals surface area (Å²) in [6.45, 7) is 45.5. The second-order valence-electron chi connectivity index (χ2n) is 21.5. The maximum atomic E-state index is 6.94. The first kappa shape index (κ1) is 46.1. The molecular weight excluding hydrogens is 783 g/mol. The fraction of sp³-hybridized carbons (Fsp3) is 0.538. The van der Waals surface area contributed by atoms with Gasteiger partial charge < -0.3 is 16.8 Å². The molecule has 0 saturated carbocycles. The molecule has 0 N–H and O–H groups in total. The van der Waals surface area contributed by atoms with Gasteiger partial charge in [0.05, 0.1) is 13.2 Å². The Morgan fingerprint density at radius 3 is 0.750 bits per heavy atom. The summed E-state index contributed by atoms with van der Waals surface area (Å²) in [4.78, 5) is 0. The molecule has 2 aromatic heterocycles. The Labute approximate surface area is 362 Å². The summed E-state index contributed by atoms with van der Waals surface area (Å²) in [5.41, 5.74) is 17.3. The van der Waals surface area contributed by atoms with Gasteiger partial charge in [0, 0.05) is 43.8 Å². The van der Waals surface area contributed by atoms with E-state index in [-0.39, 0.29) is 21.7 Å². The third-order valence-electron chi connectivity index (χ3n) is 12.5. The van der Waals surface area contributed by atoms with Crippen LogP contribution < -0.4 is 9.05 Å². The zero-order valence-corrected chi connectivity index (χ0v) is 42.3. The molecule has 0 radical (unpaired) electrons. The van der Waals surface area contributed by atoms with E-state index in [1.165, 1.54) is 44.5 Å². The van der Waals surface area contributed by atoms with E-state index in [2.05, 4.69) is 163 Å². The topological polar surface area (TPSA) is 71.0 Å². The minimum atomic E-state index is -1.76. The smallest absolute Gasteiger partial charge is 0.387 e. The Balaban J connectivity index is 1.40. The van der Waals surface area contributed by atoms with Gasteiger partial charge in [-0.2, -0.15) is 0 Å². The molecular formula is C52H72O6P2. The second-order valence-corrected chi connectivity index (χ2v) is 23.6. The molecule has 0 unspecified atom stereocenters. The predicted octanol–water partition coefficient (Wildman–Crippen LogP) is 16.9. The molecule has 0 aliphatic rings. The fourth-order valence-electron chi connectivity index (χ4n) is 8.30. The van der Waals surface area contributed by atoms with Gasteiger partial charge in [-0.15, -0.1) is 0 Å². The van der Waals surface area contributed by atoms with Crippen molar-refractivity contribution in [3.8, 4) is 0 Å². The van der Waals surface area contributed by atoms with Crippen LogP contribution in [0.4, 0.5) is 0 Å². The highest BCUT2D eigenvalue weighted by Gasteiger charge is 2.29. The van der Waals surface area contributed by atoms with Crippen LogP contribution in [0.15, 0.2) is 41.1 Å². The molecule has 0 amide bonds. The van der Waals surface area contributed by atoms with Crippen molar-refractivity contribution in [3.05, 3.63) is 91.0 Å². The highest BCUT2D eigenvalue weighted by atomic mass is 31.1. The first-order valence-electron chi connectivity index (χ1n) is 21.8. The number of benzene rings is 4. The summed E-state index contributed by atoms with van der Waals surface area (Å²) in [7, 11) is -3.53. The summed E-state index contributed by atoms with van der Waals surface area (Å²) < 4.78 is 41.0. The summed E-state index contributed by atoms with van der Waals surface area (Å²) in [5.74, 6) is 0. The van der Waals surface area contributed by atoms with Crippen LogP contribution in [0.5, 0.6) is 0 Å². The maximum absolute atomic E-state index is 6.94. The average molecular weight is 855 g/mol. The van der Waals surface area contributed by atoms with E-state index in [1.807, 2.05) is 0 Å². The highest BCUT2D eigenvalue weighted by Crippen LogP contribution is 2.47. The molecule has 0 spiro atoms. The highest BCUT2D eigenvalue weighted by molar-refractivity contribution is 7.32. The minimum absolute atomic E-state index is 0.155. The number of unbranched alkanes of at least 4 members (excludes halogenated alkanes) is 1. The number of hydrogen-bond donors (Lipinski definition) is 0. The molecule has 8 heteroatoms. The monoisotopic (exact) mass is 854 g/mol. The Hall–Kier alpha value is -3.40. The summed E-state index contributed by atoms with van der Waals surface area (Å²) >= 11 is 0. The first-order valence-corrected chi connectivity index (χ1v) is 24.0. The van der Waals surface area contributed by atoms with Crippen molar-refractivity contribution < 1.29 is 25.8 Å². The molecule has 6 nitrogen and oxygen atoms in total. The molecule has 0 atom stereocenters. The summed E-state index contributed by atoms with van der Waals surface area (Å²) in [5, 5.41) is 4.49. The molecule has 0 bridgehead atoms.